The van der Waals surface area contributed by atoms with Crippen LogP contribution in [0.2, 0.25) is 0 Å². The molecule has 1 aromatic carbocycles. The summed E-state index contributed by atoms with van der Waals surface area (Å²) in [6, 6.07) is 7.78. The second-order valence-corrected chi connectivity index (χ2v) is 8.00. The van der Waals surface area contributed by atoms with Crippen LogP contribution < -0.4 is 5.32 Å². The fraction of sp³-hybridized carbons (Fsp3) is 0.462. The molecule has 1 aliphatic rings. The largest absolute Gasteiger partial charge is 0.380 e. The van der Waals surface area contributed by atoms with E-state index in [2.05, 4.69) is 11.4 Å². The number of benzene rings is 1. The molecule has 1 heterocycles. The van der Waals surface area contributed by atoms with Gasteiger partial charge in [-0.3, -0.25) is 0 Å². The number of hydrogen-bond donors (Lipinski definition) is 1. The van der Waals surface area contributed by atoms with Crippen LogP contribution in [0.3, 0.4) is 0 Å². The van der Waals surface area contributed by atoms with Gasteiger partial charge in [-0.15, -0.1) is 11.8 Å². The van der Waals surface area contributed by atoms with Crippen molar-refractivity contribution in [2.45, 2.75) is 24.3 Å². The number of rotatable bonds is 4. The zero-order chi connectivity index (χ0) is 13.9. The highest BCUT2D eigenvalue weighted by Crippen LogP contribution is 2.29. The van der Waals surface area contributed by atoms with Gasteiger partial charge in [-0.25, -0.2) is 8.42 Å². The van der Waals surface area contributed by atoms with E-state index in [0.29, 0.717) is 12.0 Å². The van der Waals surface area contributed by atoms with Crippen molar-refractivity contribution in [3.63, 3.8) is 0 Å². The highest BCUT2D eigenvalue weighted by Gasteiger charge is 2.28. The smallest absolute Gasteiger partial charge is 0.152 e. The second kappa shape index (κ2) is 5.85. The van der Waals surface area contributed by atoms with Crippen LogP contribution in [0.1, 0.15) is 18.9 Å². The predicted molar refractivity (Wildman–Crippen MR) is 78.2 cm³/mol. The third kappa shape index (κ3) is 3.43. The topological polar surface area (TPSA) is 70.0 Å². The van der Waals surface area contributed by atoms with Crippen molar-refractivity contribution in [2.75, 3.05) is 22.6 Å². The van der Waals surface area contributed by atoms with E-state index < -0.39 is 9.84 Å². The van der Waals surface area contributed by atoms with E-state index in [-0.39, 0.29) is 17.5 Å². The van der Waals surface area contributed by atoms with Crippen LogP contribution >= 0.6 is 11.8 Å². The average Bonchev–Trinajstić information content (AvgIpc) is 2.69. The fourth-order valence-corrected chi connectivity index (χ4v) is 4.63. The molecule has 4 nitrogen and oxygen atoms in total. The fourth-order valence-electron chi connectivity index (χ4n) is 2.17. The summed E-state index contributed by atoms with van der Waals surface area (Å²) in [5.74, 6) is 1.29. The minimum Gasteiger partial charge on any atom is -0.380 e. The van der Waals surface area contributed by atoms with Gasteiger partial charge in [-0.2, -0.15) is 5.26 Å². The van der Waals surface area contributed by atoms with Gasteiger partial charge in [0.25, 0.3) is 0 Å². The van der Waals surface area contributed by atoms with Gasteiger partial charge in [-0.1, -0.05) is 13.0 Å². The highest BCUT2D eigenvalue weighted by molar-refractivity contribution is 7.99. The molecular weight excluding hydrogens is 280 g/mol. The zero-order valence-electron chi connectivity index (χ0n) is 10.7. The standard InChI is InChI=1S/C13H16N2O2S2/c1-2-18-13-5-3-4-12(11(13)8-14)15-10-6-7-19(16,17)9-10/h3-5,10,15H,2,6-7,9H2,1H3. The number of sulfone groups is 1. The SMILES string of the molecule is CCSc1cccc(NC2CCS(=O)(=O)C2)c1C#N. The monoisotopic (exact) mass is 296 g/mol. The van der Waals surface area contributed by atoms with Gasteiger partial charge in [0.1, 0.15) is 6.07 Å². The first kappa shape index (κ1) is 14.2. The predicted octanol–water partition coefficient (Wildman–Crippen LogP) is 2.27. The number of anilines is 1. The van der Waals surface area contributed by atoms with Crippen LogP contribution in [0, 0.1) is 11.3 Å². The van der Waals surface area contributed by atoms with Crippen molar-refractivity contribution in [3.05, 3.63) is 23.8 Å². The Morgan fingerprint density at radius 1 is 1.53 bits per heavy atom. The van der Waals surface area contributed by atoms with Gasteiger partial charge in [0.05, 0.1) is 22.8 Å². The number of nitrogens with zero attached hydrogens (tertiary/aromatic N) is 1. The Hall–Kier alpha value is -1.19. The number of thioether (sulfide) groups is 1. The number of hydrogen-bond acceptors (Lipinski definition) is 5. The summed E-state index contributed by atoms with van der Waals surface area (Å²) in [6.07, 6.45) is 0.609. The van der Waals surface area contributed by atoms with Crippen LogP contribution in [-0.2, 0) is 9.84 Å². The maximum absolute atomic E-state index is 11.4. The summed E-state index contributed by atoms with van der Waals surface area (Å²) >= 11 is 1.62. The minimum absolute atomic E-state index is 0.0843. The van der Waals surface area contributed by atoms with Gasteiger partial charge in [0.15, 0.2) is 9.84 Å². The molecular formula is C13H16N2O2S2. The molecule has 102 valence electrons. The first-order chi connectivity index (χ1) is 9.05. The molecule has 1 saturated heterocycles. The molecule has 6 heteroatoms. The van der Waals surface area contributed by atoms with Gasteiger partial charge in [0.2, 0.25) is 0 Å². The first-order valence-electron chi connectivity index (χ1n) is 6.18. The molecule has 1 atom stereocenters. The van der Waals surface area contributed by atoms with E-state index in [9.17, 15) is 13.7 Å². The summed E-state index contributed by atoms with van der Waals surface area (Å²) in [5.41, 5.74) is 1.35. The molecule has 1 N–H and O–H groups in total. The summed E-state index contributed by atoms with van der Waals surface area (Å²) in [5, 5.41) is 12.5. The maximum atomic E-state index is 11.4. The lowest BCUT2D eigenvalue weighted by molar-refractivity contribution is 0.602. The molecule has 1 aliphatic heterocycles. The summed E-state index contributed by atoms with van der Waals surface area (Å²) in [4.78, 5) is 0.941. The van der Waals surface area contributed by atoms with Crippen molar-refractivity contribution in [1.29, 1.82) is 5.26 Å². The van der Waals surface area contributed by atoms with E-state index in [1.807, 2.05) is 25.1 Å². The van der Waals surface area contributed by atoms with Crippen molar-refractivity contribution in [2.24, 2.45) is 0 Å². The van der Waals surface area contributed by atoms with Crippen LogP contribution in [0.5, 0.6) is 0 Å². The average molecular weight is 296 g/mol. The Morgan fingerprint density at radius 3 is 2.89 bits per heavy atom. The van der Waals surface area contributed by atoms with E-state index in [1.165, 1.54) is 0 Å². The Balaban J connectivity index is 2.21. The van der Waals surface area contributed by atoms with Crippen LogP contribution in [-0.4, -0.2) is 31.7 Å². The molecule has 1 unspecified atom stereocenters. The molecule has 0 saturated carbocycles. The second-order valence-electron chi connectivity index (χ2n) is 4.47. The number of nitriles is 1. The van der Waals surface area contributed by atoms with Crippen LogP contribution in [0.15, 0.2) is 23.1 Å². The molecule has 0 bridgehead atoms. The van der Waals surface area contributed by atoms with Gasteiger partial charge >= 0.3 is 0 Å². The molecule has 0 aromatic heterocycles. The van der Waals surface area contributed by atoms with Gasteiger partial charge in [-0.05, 0) is 24.3 Å². The highest BCUT2D eigenvalue weighted by atomic mass is 32.2. The van der Waals surface area contributed by atoms with Crippen molar-refractivity contribution in [1.82, 2.24) is 0 Å². The summed E-state index contributed by atoms with van der Waals surface area (Å²) < 4.78 is 22.9. The lowest BCUT2D eigenvalue weighted by Gasteiger charge is -2.15. The molecule has 0 amide bonds. The lowest BCUT2D eigenvalue weighted by atomic mass is 10.1. The zero-order valence-corrected chi connectivity index (χ0v) is 12.4. The Bertz CT molecular complexity index is 606. The van der Waals surface area contributed by atoms with E-state index in [4.69, 9.17) is 0 Å². The number of nitrogens with one attached hydrogen (secondary N) is 1. The third-order valence-corrected chi connectivity index (χ3v) is 5.74. The van der Waals surface area contributed by atoms with E-state index >= 15 is 0 Å². The molecule has 0 spiro atoms. The Kier molecular flexibility index (Phi) is 4.38. The van der Waals surface area contributed by atoms with Crippen molar-refractivity contribution < 1.29 is 8.42 Å². The molecule has 1 aromatic rings. The van der Waals surface area contributed by atoms with Crippen LogP contribution in [0.4, 0.5) is 5.69 Å². The molecule has 2 rings (SSSR count). The first-order valence-corrected chi connectivity index (χ1v) is 8.99. The third-order valence-electron chi connectivity index (χ3n) is 3.03. The quantitative estimate of drug-likeness (QED) is 0.863. The Labute approximate surface area is 118 Å². The van der Waals surface area contributed by atoms with Gasteiger partial charge < -0.3 is 5.32 Å². The van der Waals surface area contributed by atoms with Crippen molar-refractivity contribution >= 4 is 27.3 Å². The normalized spacial score (nSPS) is 20.9. The van der Waals surface area contributed by atoms with E-state index in [0.717, 1.165) is 16.3 Å². The maximum Gasteiger partial charge on any atom is 0.152 e. The minimum atomic E-state index is -2.91. The molecule has 1 fully saturated rings. The molecule has 19 heavy (non-hydrogen) atoms. The molecule has 0 aliphatic carbocycles. The summed E-state index contributed by atoms with van der Waals surface area (Å²) in [7, 11) is -2.91. The van der Waals surface area contributed by atoms with Crippen LogP contribution in [0.25, 0.3) is 0 Å². The van der Waals surface area contributed by atoms with Crippen molar-refractivity contribution in [3.8, 4) is 6.07 Å². The van der Waals surface area contributed by atoms with E-state index in [1.54, 1.807) is 11.8 Å². The van der Waals surface area contributed by atoms with Gasteiger partial charge in [0, 0.05) is 10.9 Å². The Morgan fingerprint density at radius 2 is 2.32 bits per heavy atom. The summed E-state index contributed by atoms with van der Waals surface area (Å²) in [6.45, 7) is 2.04. The lowest BCUT2D eigenvalue weighted by Crippen LogP contribution is -2.21. The molecule has 0 radical (unpaired) electrons.